The summed E-state index contributed by atoms with van der Waals surface area (Å²) >= 11 is 0. The van der Waals surface area contributed by atoms with Crippen LogP contribution in [0.25, 0.3) is 0 Å². The van der Waals surface area contributed by atoms with E-state index in [2.05, 4.69) is 10.2 Å². The number of rotatable bonds is 8. The number of anilines is 2. The third-order valence-electron chi connectivity index (χ3n) is 4.61. The van der Waals surface area contributed by atoms with E-state index < -0.39 is 0 Å². The third-order valence-corrected chi connectivity index (χ3v) is 4.61. The standard InChI is InChI=1S/C22H26N2O4/c1-17(25)18-4-10-21(11-5-18)28-14-2-3-22(26)23-19-6-8-20(9-7-19)24-12-15-27-16-13-24/h4-11H,2-3,12-16H2,1H3,(H,23,26). The lowest BCUT2D eigenvalue weighted by Crippen LogP contribution is -2.36. The molecule has 1 fully saturated rings. The Morgan fingerprint density at radius 2 is 1.71 bits per heavy atom. The van der Waals surface area contributed by atoms with Crippen molar-refractivity contribution in [3.8, 4) is 5.75 Å². The molecule has 148 valence electrons. The van der Waals surface area contributed by atoms with Gasteiger partial charge in [0.15, 0.2) is 5.78 Å². The zero-order chi connectivity index (χ0) is 19.8. The van der Waals surface area contributed by atoms with E-state index in [0.717, 1.165) is 37.7 Å². The minimum atomic E-state index is -0.0327. The molecule has 1 aliphatic heterocycles. The Morgan fingerprint density at radius 3 is 2.36 bits per heavy atom. The van der Waals surface area contributed by atoms with Crippen molar-refractivity contribution in [1.82, 2.24) is 0 Å². The van der Waals surface area contributed by atoms with Crippen LogP contribution in [0.5, 0.6) is 5.75 Å². The molecule has 6 nitrogen and oxygen atoms in total. The van der Waals surface area contributed by atoms with Crippen LogP contribution in [0.1, 0.15) is 30.1 Å². The van der Waals surface area contributed by atoms with Crippen LogP contribution in [0.3, 0.4) is 0 Å². The summed E-state index contributed by atoms with van der Waals surface area (Å²) in [5.74, 6) is 0.694. The summed E-state index contributed by atoms with van der Waals surface area (Å²) in [6.07, 6.45) is 1.00. The Labute approximate surface area is 165 Å². The van der Waals surface area contributed by atoms with Gasteiger partial charge in [0.1, 0.15) is 5.75 Å². The van der Waals surface area contributed by atoms with Gasteiger partial charge in [-0.25, -0.2) is 0 Å². The SMILES string of the molecule is CC(=O)c1ccc(OCCCC(=O)Nc2ccc(N3CCOCC3)cc2)cc1. The van der Waals surface area contributed by atoms with Crippen LogP contribution < -0.4 is 15.0 Å². The van der Waals surface area contributed by atoms with E-state index in [1.165, 1.54) is 6.92 Å². The molecular formula is C22H26N2O4. The number of carbonyl (C=O) groups excluding carboxylic acids is 2. The van der Waals surface area contributed by atoms with Gasteiger partial charge in [-0.15, -0.1) is 0 Å². The molecule has 0 aromatic heterocycles. The highest BCUT2D eigenvalue weighted by Crippen LogP contribution is 2.19. The van der Waals surface area contributed by atoms with Crippen LogP contribution in [0.15, 0.2) is 48.5 Å². The van der Waals surface area contributed by atoms with Gasteiger partial charge in [0, 0.05) is 36.4 Å². The molecule has 0 spiro atoms. The first-order chi connectivity index (χ1) is 13.6. The van der Waals surface area contributed by atoms with Crippen molar-refractivity contribution in [3.63, 3.8) is 0 Å². The van der Waals surface area contributed by atoms with Crippen molar-refractivity contribution in [2.24, 2.45) is 0 Å². The molecule has 6 heteroatoms. The molecule has 0 radical (unpaired) electrons. The van der Waals surface area contributed by atoms with E-state index >= 15 is 0 Å². The maximum Gasteiger partial charge on any atom is 0.224 e. The highest BCUT2D eigenvalue weighted by molar-refractivity contribution is 5.94. The highest BCUT2D eigenvalue weighted by Gasteiger charge is 2.11. The Bertz CT molecular complexity index is 781. The van der Waals surface area contributed by atoms with Crippen molar-refractivity contribution in [1.29, 1.82) is 0 Å². The van der Waals surface area contributed by atoms with Crippen LogP contribution in [0, 0.1) is 0 Å². The zero-order valence-corrected chi connectivity index (χ0v) is 16.1. The van der Waals surface area contributed by atoms with Gasteiger partial charge in [0.25, 0.3) is 0 Å². The van der Waals surface area contributed by atoms with Crippen molar-refractivity contribution >= 4 is 23.1 Å². The van der Waals surface area contributed by atoms with Gasteiger partial charge in [-0.05, 0) is 61.9 Å². The quantitative estimate of drug-likeness (QED) is 0.559. The molecule has 3 rings (SSSR count). The average Bonchev–Trinajstić information content (AvgIpc) is 2.73. The molecule has 0 bridgehead atoms. The van der Waals surface area contributed by atoms with Crippen LogP contribution in [0.2, 0.25) is 0 Å². The molecule has 0 atom stereocenters. The Kier molecular flexibility index (Phi) is 7.03. The zero-order valence-electron chi connectivity index (χ0n) is 16.1. The first-order valence-electron chi connectivity index (χ1n) is 9.58. The van der Waals surface area contributed by atoms with Gasteiger partial charge >= 0.3 is 0 Å². The number of nitrogens with one attached hydrogen (secondary N) is 1. The summed E-state index contributed by atoms with van der Waals surface area (Å²) in [4.78, 5) is 25.6. The second kappa shape index (κ2) is 9.90. The number of carbonyl (C=O) groups is 2. The summed E-state index contributed by atoms with van der Waals surface area (Å²) in [6, 6.07) is 14.9. The lowest BCUT2D eigenvalue weighted by Gasteiger charge is -2.28. The predicted molar refractivity (Wildman–Crippen MR) is 109 cm³/mol. The molecule has 2 aromatic carbocycles. The fourth-order valence-corrected chi connectivity index (χ4v) is 3.01. The molecule has 1 heterocycles. The van der Waals surface area contributed by atoms with E-state index in [-0.39, 0.29) is 11.7 Å². The molecule has 1 amide bonds. The maximum atomic E-state index is 12.1. The Balaban J connectivity index is 1.37. The minimum Gasteiger partial charge on any atom is -0.494 e. The van der Waals surface area contributed by atoms with Gasteiger partial charge in [-0.2, -0.15) is 0 Å². The molecule has 1 N–H and O–H groups in total. The largest absolute Gasteiger partial charge is 0.494 e. The van der Waals surface area contributed by atoms with Crippen molar-refractivity contribution in [2.75, 3.05) is 43.1 Å². The molecule has 0 unspecified atom stereocenters. The van der Waals surface area contributed by atoms with Gasteiger partial charge in [-0.1, -0.05) is 0 Å². The predicted octanol–water partition coefficient (Wildman–Crippen LogP) is 3.52. The Morgan fingerprint density at radius 1 is 1.04 bits per heavy atom. The van der Waals surface area contributed by atoms with Crippen molar-refractivity contribution < 1.29 is 19.1 Å². The minimum absolute atomic E-state index is 0.0289. The molecular weight excluding hydrogens is 356 g/mol. The number of hydrogen-bond donors (Lipinski definition) is 1. The molecule has 0 aliphatic carbocycles. The molecule has 1 saturated heterocycles. The van der Waals surface area contributed by atoms with E-state index in [1.807, 2.05) is 24.3 Å². The van der Waals surface area contributed by atoms with E-state index in [0.29, 0.717) is 30.8 Å². The summed E-state index contributed by atoms with van der Waals surface area (Å²) in [5, 5.41) is 2.92. The van der Waals surface area contributed by atoms with E-state index in [4.69, 9.17) is 9.47 Å². The second-order valence-corrected chi connectivity index (χ2v) is 6.73. The normalized spacial score (nSPS) is 13.8. The van der Waals surface area contributed by atoms with Crippen LogP contribution in [-0.4, -0.2) is 44.6 Å². The Hall–Kier alpha value is -2.86. The summed E-state index contributed by atoms with van der Waals surface area (Å²) in [6.45, 7) is 5.27. The smallest absolute Gasteiger partial charge is 0.224 e. The number of benzene rings is 2. The summed E-state index contributed by atoms with van der Waals surface area (Å²) in [5.41, 5.74) is 2.60. The lowest BCUT2D eigenvalue weighted by molar-refractivity contribution is -0.116. The number of ether oxygens (including phenoxy) is 2. The fraction of sp³-hybridized carbons (Fsp3) is 0.364. The number of amides is 1. The van der Waals surface area contributed by atoms with E-state index in [1.54, 1.807) is 24.3 Å². The number of Topliss-reactive ketones (excluding diaryl/α,β-unsaturated/α-hetero) is 1. The first kappa shape index (κ1) is 19.9. The lowest BCUT2D eigenvalue weighted by atomic mass is 10.1. The summed E-state index contributed by atoms with van der Waals surface area (Å²) in [7, 11) is 0. The fourth-order valence-electron chi connectivity index (χ4n) is 3.01. The molecule has 28 heavy (non-hydrogen) atoms. The van der Waals surface area contributed by atoms with Gasteiger partial charge in [-0.3, -0.25) is 9.59 Å². The first-order valence-corrected chi connectivity index (χ1v) is 9.58. The van der Waals surface area contributed by atoms with Gasteiger partial charge in [0.05, 0.1) is 19.8 Å². The summed E-state index contributed by atoms with van der Waals surface area (Å²) < 4.78 is 11.0. The molecule has 0 saturated carbocycles. The maximum absolute atomic E-state index is 12.1. The molecule has 1 aliphatic rings. The third kappa shape index (κ3) is 5.82. The average molecular weight is 382 g/mol. The number of ketones is 1. The second-order valence-electron chi connectivity index (χ2n) is 6.73. The topological polar surface area (TPSA) is 67.9 Å². The van der Waals surface area contributed by atoms with Crippen molar-refractivity contribution in [3.05, 3.63) is 54.1 Å². The van der Waals surface area contributed by atoms with Gasteiger partial charge in [0.2, 0.25) is 5.91 Å². The van der Waals surface area contributed by atoms with Gasteiger partial charge < -0.3 is 19.7 Å². The molecule has 2 aromatic rings. The number of nitrogens with zero attached hydrogens (tertiary/aromatic N) is 1. The van der Waals surface area contributed by atoms with Crippen LogP contribution in [-0.2, 0) is 9.53 Å². The number of hydrogen-bond acceptors (Lipinski definition) is 5. The number of morpholine rings is 1. The monoisotopic (exact) mass is 382 g/mol. The highest BCUT2D eigenvalue weighted by atomic mass is 16.5. The van der Waals surface area contributed by atoms with Crippen LogP contribution in [0.4, 0.5) is 11.4 Å². The van der Waals surface area contributed by atoms with Crippen molar-refractivity contribution in [2.45, 2.75) is 19.8 Å². The van der Waals surface area contributed by atoms with E-state index in [9.17, 15) is 9.59 Å². The van der Waals surface area contributed by atoms with Crippen LogP contribution >= 0.6 is 0 Å².